The predicted molar refractivity (Wildman–Crippen MR) is 57.7 cm³/mol. The summed E-state index contributed by atoms with van der Waals surface area (Å²) < 4.78 is 24.7. The van der Waals surface area contributed by atoms with E-state index in [1.165, 1.54) is 0 Å². The van der Waals surface area contributed by atoms with Crippen molar-refractivity contribution in [3.05, 3.63) is 0 Å². The Kier molecular flexibility index (Phi) is 2.42. The summed E-state index contributed by atoms with van der Waals surface area (Å²) in [6.07, 6.45) is 0. The van der Waals surface area contributed by atoms with Gasteiger partial charge in [-0.1, -0.05) is 33.9 Å². The molecule has 0 spiro atoms. The van der Waals surface area contributed by atoms with Gasteiger partial charge in [0.25, 0.3) is 0 Å². The van der Waals surface area contributed by atoms with Crippen molar-refractivity contribution in [3.8, 4) is 0 Å². The summed E-state index contributed by atoms with van der Waals surface area (Å²) in [7, 11) is -4.68. The number of hydrogen-bond donors (Lipinski definition) is 0. The van der Waals surface area contributed by atoms with Crippen molar-refractivity contribution < 1.29 is 8.42 Å². The van der Waals surface area contributed by atoms with Gasteiger partial charge in [-0.25, -0.2) is 12.4 Å². The second-order valence-corrected chi connectivity index (χ2v) is 12.7. The van der Waals surface area contributed by atoms with E-state index in [1.807, 2.05) is 0 Å². The molecule has 0 saturated carbocycles. The lowest BCUT2D eigenvalue weighted by atomic mass is 10.2. The lowest BCUT2D eigenvalue weighted by Gasteiger charge is -2.48. The molecular formula is C8H19NO2SSi. The fraction of sp³-hybridized carbons (Fsp3) is 1.00. The summed E-state index contributed by atoms with van der Waals surface area (Å²) in [5.41, 5.74) is 0. The Balaban J connectivity index is 2.96. The van der Waals surface area contributed by atoms with Crippen molar-refractivity contribution in [2.75, 3.05) is 12.3 Å². The number of nitrogens with zero attached hydrogens (tertiary/aromatic N) is 1. The van der Waals surface area contributed by atoms with Crippen LogP contribution in [0.1, 0.15) is 20.8 Å². The second kappa shape index (κ2) is 2.81. The molecule has 0 bridgehead atoms. The quantitative estimate of drug-likeness (QED) is 0.631. The first kappa shape index (κ1) is 11.2. The molecule has 1 fully saturated rings. The van der Waals surface area contributed by atoms with Crippen LogP contribution in [0.3, 0.4) is 0 Å². The van der Waals surface area contributed by atoms with E-state index in [4.69, 9.17) is 0 Å². The van der Waals surface area contributed by atoms with Crippen LogP contribution in [-0.4, -0.2) is 32.9 Å². The average molecular weight is 221 g/mol. The largest absolute Gasteiger partial charge is 0.223 e. The van der Waals surface area contributed by atoms with Crippen molar-refractivity contribution in [3.63, 3.8) is 0 Å². The fourth-order valence-electron chi connectivity index (χ4n) is 1.33. The summed E-state index contributed by atoms with van der Waals surface area (Å²) in [5, 5.41) is 0.112. The lowest BCUT2D eigenvalue weighted by molar-refractivity contribution is 0.473. The highest BCUT2D eigenvalue weighted by Crippen LogP contribution is 2.41. The molecular weight excluding hydrogens is 202 g/mol. The zero-order chi connectivity index (χ0) is 10.5. The first-order valence-electron chi connectivity index (χ1n) is 4.59. The van der Waals surface area contributed by atoms with E-state index in [0.29, 0.717) is 5.75 Å². The Labute approximate surface area is 82.3 Å². The molecule has 78 valence electrons. The normalized spacial score (nSPS) is 24.1. The molecule has 1 aliphatic heterocycles. The fourth-order valence-corrected chi connectivity index (χ4v) is 7.45. The van der Waals surface area contributed by atoms with Gasteiger partial charge in [0.05, 0.1) is 5.75 Å². The summed E-state index contributed by atoms with van der Waals surface area (Å²) in [6.45, 7) is 11.4. The molecule has 0 atom stereocenters. The minimum atomic E-state index is -2.87. The first-order valence-corrected chi connectivity index (χ1v) is 9.15. The minimum Gasteiger partial charge on any atom is -0.223 e. The summed E-state index contributed by atoms with van der Waals surface area (Å²) in [6, 6.07) is 0. The molecule has 1 rings (SSSR count). The van der Waals surface area contributed by atoms with Gasteiger partial charge in [-0.3, -0.25) is 0 Å². The standard InChI is InChI=1S/C8H19NO2SSi/c1-8(2,3)13(4,5)9-6-7-12(9,10)11/h6-7H2,1-5H3. The zero-order valence-corrected chi connectivity index (χ0v) is 10.9. The van der Waals surface area contributed by atoms with Crippen molar-refractivity contribution in [2.45, 2.75) is 38.9 Å². The van der Waals surface area contributed by atoms with Gasteiger partial charge >= 0.3 is 0 Å². The molecule has 1 saturated heterocycles. The van der Waals surface area contributed by atoms with Gasteiger partial charge in [-0.05, 0) is 5.04 Å². The van der Waals surface area contributed by atoms with Crippen molar-refractivity contribution in [2.24, 2.45) is 0 Å². The highest BCUT2D eigenvalue weighted by atomic mass is 32.2. The Hall–Kier alpha value is 0.127. The molecule has 0 aliphatic carbocycles. The van der Waals surface area contributed by atoms with Gasteiger partial charge in [-0.2, -0.15) is 0 Å². The SMILES string of the molecule is CC(C)(C)[Si](C)(C)N1CCS1(=O)=O. The molecule has 0 aromatic rings. The van der Waals surface area contributed by atoms with E-state index < -0.39 is 18.3 Å². The van der Waals surface area contributed by atoms with Crippen molar-refractivity contribution >= 4 is 18.3 Å². The number of rotatable bonds is 1. The molecule has 0 amide bonds. The van der Waals surface area contributed by atoms with Crippen LogP contribution in [0.4, 0.5) is 0 Å². The topological polar surface area (TPSA) is 37.4 Å². The van der Waals surface area contributed by atoms with Gasteiger partial charge < -0.3 is 0 Å². The van der Waals surface area contributed by atoms with Gasteiger partial charge in [-0.15, -0.1) is 0 Å². The number of hydrogen-bond acceptors (Lipinski definition) is 2. The molecule has 0 N–H and O–H groups in total. The van der Waals surface area contributed by atoms with Gasteiger partial charge in [0, 0.05) is 6.54 Å². The first-order chi connectivity index (χ1) is 5.59. The molecule has 5 heteroatoms. The maximum absolute atomic E-state index is 11.5. The molecule has 0 aromatic heterocycles. The van der Waals surface area contributed by atoms with E-state index in [1.54, 1.807) is 3.97 Å². The molecule has 0 radical (unpaired) electrons. The molecule has 0 aromatic carbocycles. The van der Waals surface area contributed by atoms with E-state index in [-0.39, 0.29) is 5.04 Å². The van der Waals surface area contributed by atoms with Crippen molar-refractivity contribution in [1.29, 1.82) is 0 Å². The summed E-state index contributed by atoms with van der Waals surface area (Å²) in [5.74, 6) is 0.347. The Morgan fingerprint density at radius 2 is 1.69 bits per heavy atom. The van der Waals surface area contributed by atoms with Crippen LogP contribution in [0.5, 0.6) is 0 Å². The highest BCUT2D eigenvalue weighted by Gasteiger charge is 2.50. The monoisotopic (exact) mass is 221 g/mol. The summed E-state index contributed by atoms with van der Waals surface area (Å²) in [4.78, 5) is 0. The Morgan fingerprint density at radius 3 is 1.77 bits per heavy atom. The zero-order valence-electron chi connectivity index (χ0n) is 9.09. The molecule has 1 aliphatic rings. The lowest BCUT2D eigenvalue weighted by Crippen LogP contribution is -2.64. The average Bonchev–Trinajstić information content (AvgIpc) is 1.81. The van der Waals surface area contributed by atoms with Crippen molar-refractivity contribution in [1.82, 2.24) is 3.97 Å². The minimum absolute atomic E-state index is 0.112. The van der Waals surface area contributed by atoms with E-state index in [0.717, 1.165) is 6.54 Å². The Bertz CT molecular complexity index is 303. The smallest absolute Gasteiger partial charge is 0.209 e. The highest BCUT2D eigenvalue weighted by molar-refractivity contribution is 7.91. The van der Waals surface area contributed by atoms with Crippen LogP contribution in [0.2, 0.25) is 18.1 Å². The van der Waals surface area contributed by atoms with Gasteiger partial charge in [0.2, 0.25) is 10.0 Å². The van der Waals surface area contributed by atoms with Crippen LogP contribution >= 0.6 is 0 Å². The second-order valence-electron chi connectivity index (χ2n) is 5.20. The Morgan fingerprint density at radius 1 is 1.23 bits per heavy atom. The number of sulfonamides is 1. The summed E-state index contributed by atoms with van der Waals surface area (Å²) >= 11 is 0. The third kappa shape index (κ3) is 1.69. The van der Waals surface area contributed by atoms with Crippen LogP contribution in [0, 0.1) is 0 Å². The van der Waals surface area contributed by atoms with Crippen LogP contribution in [-0.2, 0) is 10.0 Å². The van der Waals surface area contributed by atoms with Crippen LogP contribution < -0.4 is 0 Å². The van der Waals surface area contributed by atoms with E-state index >= 15 is 0 Å². The molecule has 13 heavy (non-hydrogen) atoms. The third-order valence-electron chi connectivity index (χ3n) is 3.35. The molecule has 1 heterocycles. The van der Waals surface area contributed by atoms with Crippen LogP contribution in [0.25, 0.3) is 0 Å². The molecule has 3 nitrogen and oxygen atoms in total. The van der Waals surface area contributed by atoms with E-state index in [9.17, 15) is 8.42 Å². The van der Waals surface area contributed by atoms with E-state index in [2.05, 4.69) is 33.9 Å². The maximum atomic E-state index is 11.5. The molecule has 0 unspecified atom stereocenters. The van der Waals surface area contributed by atoms with Crippen LogP contribution in [0.15, 0.2) is 0 Å². The maximum Gasteiger partial charge on any atom is 0.209 e. The van der Waals surface area contributed by atoms with Gasteiger partial charge in [0.1, 0.15) is 8.24 Å². The van der Waals surface area contributed by atoms with Gasteiger partial charge in [0.15, 0.2) is 0 Å². The predicted octanol–water partition coefficient (Wildman–Crippen LogP) is 1.64. The third-order valence-corrected chi connectivity index (χ3v) is 12.2.